The second-order valence-electron chi connectivity index (χ2n) is 5.27. The lowest BCUT2D eigenvalue weighted by Crippen LogP contribution is -2.25. The van der Waals surface area contributed by atoms with Crippen molar-refractivity contribution in [1.29, 1.82) is 0 Å². The van der Waals surface area contributed by atoms with Crippen molar-refractivity contribution < 1.29 is 20.1 Å². The van der Waals surface area contributed by atoms with Gasteiger partial charge in [-0.25, -0.2) is 0 Å². The van der Waals surface area contributed by atoms with Gasteiger partial charge in [0.1, 0.15) is 0 Å². The zero-order chi connectivity index (χ0) is 16.4. The number of hydrogen-bond donors (Lipinski definition) is 5. The number of carbonyl (C=O) groups excluding carboxylic acids is 1. The number of amides is 1. The van der Waals surface area contributed by atoms with Gasteiger partial charge in [-0.1, -0.05) is 6.07 Å². The van der Waals surface area contributed by atoms with Crippen molar-refractivity contribution in [3.05, 3.63) is 53.7 Å². The summed E-state index contributed by atoms with van der Waals surface area (Å²) in [5.74, 6) is -2.14. The Balaban J connectivity index is 1.62. The minimum absolute atomic E-state index is 0.0823. The fourth-order valence-electron chi connectivity index (χ4n) is 2.42. The summed E-state index contributed by atoms with van der Waals surface area (Å²) in [6.07, 6.45) is 2.53. The van der Waals surface area contributed by atoms with E-state index in [-0.39, 0.29) is 5.56 Å². The van der Waals surface area contributed by atoms with Gasteiger partial charge in [-0.2, -0.15) is 0 Å². The predicted molar refractivity (Wildman–Crippen MR) is 85.8 cm³/mol. The van der Waals surface area contributed by atoms with E-state index in [0.29, 0.717) is 13.0 Å². The average Bonchev–Trinajstić information content (AvgIpc) is 2.99. The first-order valence-corrected chi connectivity index (χ1v) is 7.14. The van der Waals surface area contributed by atoms with Crippen LogP contribution in [0.1, 0.15) is 15.9 Å². The highest BCUT2D eigenvalue weighted by Gasteiger charge is 2.13. The number of fused-ring (bicyclic) bond motifs is 1. The molecule has 0 saturated carbocycles. The first kappa shape index (κ1) is 14.8. The smallest absolute Gasteiger partial charge is 0.251 e. The van der Waals surface area contributed by atoms with Gasteiger partial charge >= 0.3 is 0 Å². The lowest BCUT2D eigenvalue weighted by molar-refractivity contribution is 0.0953. The van der Waals surface area contributed by atoms with Gasteiger partial charge in [0, 0.05) is 23.8 Å². The van der Waals surface area contributed by atoms with Crippen molar-refractivity contribution in [3.8, 4) is 17.2 Å². The van der Waals surface area contributed by atoms with E-state index in [1.807, 2.05) is 24.4 Å². The van der Waals surface area contributed by atoms with E-state index in [2.05, 4.69) is 16.4 Å². The number of hydrogen-bond acceptors (Lipinski definition) is 4. The van der Waals surface area contributed by atoms with Gasteiger partial charge in [0.2, 0.25) is 0 Å². The number of carbonyl (C=O) groups is 1. The van der Waals surface area contributed by atoms with Crippen molar-refractivity contribution in [2.45, 2.75) is 6.42 Å². The Morgan fingerprint density at radius 1 is 1.04 bits per heavy atom. The van der Waals surface area contributed by atoms with Crippen LogP contribution in [0.3, 0.4) is 0 Å². The van der Waals surface area contributed by atoms with E-state index in [4.69, 9.17) is 0 Å². The van der Waals surface area contributed by atoms with Crippen molar-refractivity contribution >= 4 is 16.8 Å². The van der Waals surface area contributed by atoms with Gasteiger partial charge in [-0.05, 0) is 47.7 Å². The van der Waals surface area contributed by atoms with E-state index in [1.165, 1.54) is 0 Å². The van der Waals surface area contributed by atoms with Crippen molar-refractivity contribution in [1.82, 2.24) is 10.3 Å². The Bertz CT molecular complexity index is 847. The Morgan fingerprint density at radius 2 is 1.78 bits per heavy atom. The molecule has 5 N–H and O–H groups in total. The van der Waals surface area contributed by atoms with Crippen LogP contribution in [0, 0.1) is 0 Å². The molecule has 0 atom stereocenters. The highest BCUT2D eigenvalue weighted by Crippen LogP contribution is 2.35. The normalized spacial score (nSPS) is 10.8. The zero-order valence-electron chi connectivity index (χ0n) is 12.2. The maximum atomic E-state index is 12.0. The third-order valence-electron chi connectivity index (χ3n) is 3.65. The van der Waals surface area contributed by atoms with Gasteiger partial charge < -0.3 is 25.6 Å². The average molecular weight is 312 g/mol. The summed E-state index contributed by atoms with van der Waals surface area (Å²) in [7, 11) is 0. The van der Waals surface area contributed by atoms with Gasteiger partial charge in [-0.3, -0.25) is 4.79 Å². The van der Waals surface area contributed by atoms with Gasteiger partial charge in [0.25, 0.3) is 5.91 Å². The van der Waals surface area contributed by atoms with Crippen molar-refractivity contribution in [3.63, 3.8) is 0 Å². The molecule has 1 heterocycles. The largest absolute Gasteiger partial charge is 0.504 e. The maximum absolute atomic E-state index is 12.0. The second kappa shape index (κ2) is 5.92. The molecule has 0 aliphatic rings. The summed E-state index contributed by atoms with van der Waals surface area (Å²) in [5, 5.41) is 31.9. The van der Waals surface area contributed by atoms with Crippen LogP contribution in [0.15, 0.2) is 42.6 Å². The van der Waals surface area contributed by atoms with Crippen LogP contribution in [0.25, 0.3) is 10.9 Å². The summed E-state index contributed by atoms with van der Waals surface area (Å²) in [5.41, 5.74) is 2.24. The number of aromatic amines is 1. The number of benzene rings is 2. The minimum Gasteiger partial charge on any atom is -0.504 e. The van der Waals surface area contributed by atoms with Crippen LogP contribution in [0.4, 0.5) is 0 Å². The molecule has 2 aromatic carbocycles. The number of phenolic OH excluding ortho intramolecular Hbond substituents is 3. The molecule has 0 aliphatic heterocycles. The number of H-pyrrole nitrogens is 1. The van der Waals surface area contributed by atoms with Crippen LogP contribution < -0.4 is 5.32 Å². The molecule has 6 nitrogen and oxygen atoms in total. The SMILES string of the molecule is O=C(NCCc1ccc2[nH]ccc2c1)c1cc(O)c(O)c(O)c1. The molecular weight excluding hydrogens is 296 g/mol. The lowest BCUT2D eigenvalue weighted by Gasteiger charge is -2.08. The van der Waals surface area contributed by atoms with Crippen molar-refractivity contribution in [2.75, 3.05) is 6.54 Å². The molecule has 0 unspecified atom stereocenters. The third kappa shape index (κ3) is 3.06. The molecule has 0 fully saturated rings. The standard InChI is InChI=1S/C17H16N2O4/c20-14-8-12(9-15(21)16(14)22)17(23)19-5-3-10-1-2-13-11(7-10)4-6-18-13/h1-2,4,6-9,18,20-22H,3,5H2,(H,19,23). The van der Waals surface area contributed by atoms with E-state index in [0.717, 1.165) is 28.6 Å². The molecular formula is C17H16N2O4. The van der Waals surface area contributed by atoms with E-state index in [9.17, 15) is 20.1 Å². The molecule has 3 rings (SSSR count). The summed E-state index contributed by atoms with van der Waals surface area (Å²) in [4.78, 5) is 15.1. The zero-order valence-corrected chi connectivity index (χ0v) is 12.2. The first-order valence-electron chi connectivity index (χ1n) is 7.14. The summed E-state index contributed by atoms with van der Waals surface area (Å²) < 4.78 is 0. The Hall–Kier alpha value is -3.15. The summed E-state index contributed by atoms with van der Waals surface area (Å²) in [6, 6.07) is 10.2. The van der Waals surface area contributed by atoms with Gasteiger partial charge in [0.15, 0.2) is 17.2 Å². The third-order valence-corrected chi connectivity index (χ3v) is 3.65. The molecule has 1 amide bonds. The Morgan fingerprint density at radius 3 is 2.52 bits per heavy atom. The quantitative estimate of drug-likeness (QED) is 0.476. The Labute approximate surface area is 132 Å². The van der Waals surface area contributed by atoms with Crippen LogP contribution in [-0.4, -0.2) is 32.8 Å². The molecule has 0 aliphatic carbocycles. The molecule has 6 heteroatoms. The topological polar surface area (TPSA) is 106 Å². The molecule has 0 bridgehead atoms. The van der Waals surface area contributed by atoms with E-state index < -0.39 is 23.2 Å². The van der Waals surface area contributed by atoms with Crippen LogP contribution in [0.5, 0.6) is 17.2 Å². The molecule has 0 spiro atoms. The fourth-order valence-corrected chi connectivity index (χ4v) is 2.42. The second-order valence-corrected chi connectivity index (χ2v) is 5.27. The lowest BCUT2D eigenvalue weighted by atomic mass is 10.1. The number of aromatic hydroxyl groups is 3. The molecule has 0 radical (unpaired) electrons. The number of aromatic nitrogens is 1. The van der Waals surface area contributed by atoms with Crippen LogP contribution in [-0.2, 0) is 6.42 Å². The van der Waals surface area contributed by atoms with Gasteiger partial charge in [-0.15, -0.1) is 0 Å². The predicted octanol–water partition coefficient (Wildman–Crippen LogP) is 2.26. The number of rotatable bonds is 4. The van der Waals surface area contributed by atoms with E-state index >= 15 is 0 Å². The fraction of sp³-hybridized carbons (Fsp3) is 0.118. The number of nitrogens with one attached hydrogen (secondary N) is 2. The molecule has 1 aromatic heterocycles. The van der Waals surface area contributed by atoms with E-state index in [1.54, 1.807) is 0 Å². The maximum Gasteiger partial charge on any atom is 0.251 e. The van der Waals surface area contributed by atoms with Crippen LogP contribution >= 0.6 is 0 Å². The number of phenols is 3. The molecule has 3 aromatic rings. The highest BCUT2D eigenvalue weighted by atomic mass is 16.3. The summed E-state index contributed by atoms with van der Waals surface area (Å²) >= 11 is 0. The first-order chi connectivity index (χ1) is 11.0. The van der Waals surface area contributed by atoms with Crippen LogP contribution in [0.2, 0.25) is 0 Å². The molecule has 118 valence electrons. The Kier molecular flexibility index (Phi) is 3.80. The van der Waals surface area contributed by atoms with Crippen molar-refractivity contribution in [2.24, 2.45) is 0 Å². The highest BCUT2D eigenvalue weighted by molar-refractivity contribution is 5.95. The minimum atomic E-state index is -0.638. The summed E-state index contributed by atoms with van der Waals surface area (Å²) in [6.45, 7) is 0.414. The molecule has 23 heavy (non-hydrogen) atoms. The monoisotopic (exact) mass is 312 g/mol. The molecule has 0 saturated heterocycles. The van der Waals surface area contributed by atoms with Gasteiger partial charge in [0.05, 0.1) is 0 Å².